The molecule has 1 amide bonds. The van der Waals surface area contributed by atoms with Gasteiger partial charge in [-0.2, -0.15) is 13.2 Å². The molecule has 0 bridgehead atoms. The molecule has 0 unspecified atom stereocenters. The van der Waals surface area contributed by atoms with Gasteiger partial charge < -0.3 is 20.2 Å². The van der Waals surface area contributed by atoms with Gasteiger partial charge in [-0.1, -0.05) is 39.8 Å². The Bertz CT molecular complexity index is 1350. The van der Waals surface area contributed by atoms with Crippen LogP contribution in [0.15, 0.2) is 41.4 Å². The normalized spacial score (nSPS) is 16.8. The van der Waals surface area contributed by atoms with Gasteiger partial charge in [-0.05, 0) is 47.9 Å². The lowest BCUT2D eigenvalue weighted by Gasteiger charge is -2.33. The second-order valence-electron chi connectivity index (χ2n) is 11.5. The number of carbonyl (C=O) groups is 2. The molecule has 0 atom stereocenters. The summed E-state index contributed by atoms with van der Waals surface area (Å²) in [5, 5.41) is 10.4. The molecule has 3 heterocycles. The molecule has 2 saturated heterocycles. The van der Waals surface area contributed by atoms with Gasteiger partial charge in [-0.15, -0.1) is 0 Å². The van der Waals surface area contributed by atoms with Crippen LogP contribution in [0.25, 0.3) is 0 Å². The number of carbonyl (C=O) groups excluding carboxylic acids is 1. The third kappa shape index (κ3) is 8.81. The molecule has 2 aromatic rings. The van der Waals surface area contributed by atoms with Crippen LogP contribution < -0.4 is 14.9 Å². The molecule has 4 rings (SSSR count). The van der Waals surface area contributed by atoms with Crippen molar-refractivity contribution in [2.75, 3.05) is 48.9 Å². The monoisotopic (exact) mass is 613 g/mol. The number of pyridine rings is 1. The van der Waals surface area contributed by atoms with E-state index in [1.54, 1.807) is 18.2 Å². The zero-order chi connectivity index (χ0) is 31.3. The number of hydrogen-bond acceptors (Lipinski definition) is 7. The lowest BCUT2D eigenvalue weighted by molar-refractivity contribution is -0.192. The number of aliphatic carboxylic acids is 1. The fraction of sp³-hybridized carbons (Fsp3) is 0.536. The molecule has 10 nitrogen and oxygen atoms in total. The van der Waals surface area contributed by atoms with Crippen LogP contribution in [0, 0.1) is 5.92 Å². The minimum atomic E-state index is -5.08. The number of nitrogens with zero attached hydrogens (tertiary/aromatic N) is 3. The summed E-state index contributed by atoms with van der Waals surface area (Å²) in [6.45, 7) is 13.0. The molecule has 0 aliphatic carbocycles. The van der Waals surface area contributed by atoms with E-state index >= 15 is 0 Å². The van der Waals surface area contributed by atoms with E-state index in [2.05, 4.69) is 47.6 Å². The number of carboxylic acid groups (broad SMARTS) is 1. The number of piperazine rings is 1. The van der Waals surface area contributed by atoms with E-state index in [9.17, 15) is 26.4 Å². The average molecular weight is 614 g/mol. The number of alkyl halides is 3. The Hall–Kier alpha value is -3.39. The average Bonchev–Trinajstić information content (AvgIpc) is 2.93. The number of piperidine rings is 1. The van der Waals surface area contributed by atoms with E-state index in [0.717, 1.165) is 44.6 Å². The van der Waals surface area contributed by atoms with Gasteiger partial charge in [0.1, 0.15) is 5.82 Å². The standard InChI is InChI=1S/C26H37N5O3S.C2HF3O2/c1-19-9-13-31(14-10-19)25(32)23-17-21(18-28-24(23)30-15-11-27-12-16-30)29-35(33,34)22-7-5-20(6-8-22)26(2,3)4;3-2(4,5)1(6)7/h5-8,17-19,27,29H,9-16H2,1-4H3;(H,6,7). The Morgan fingerprint density at radius 2 is 1.57 bits per heavy atom. The quantitative estimate of drug-likeness (QED) is 0.460. The molecule has 0 radical (unpaired) electrons. The van der Waals surface area contributed by atoms with Crippen LogP contribution in [0.1, 0.15) is 56.5 Å². The zero-order valence-corrected chi connectivity index (χ0v) is 25.0. The maximum atomic E-state index is 13.6. The third-order valence-corrected chi connectivity index (χ3v) is 8.51. The van der Waals surface area contributed by atoms with Crippen molar-refractivity contribution in [3.8, 4) is 0 Å². The van der Waals surface area contributed by atoms with Crippen molar-refractivity contribution >= 4 is 33.4 Å². The largest absolute Gasteiger partial charge is 0.490 e. The Balaban J connectivity index is 0.000000616. The molecule has 0 saturated carbocycles. The highest BCUT2D eigenvalue weighted by atomic mass is 32.2. The highest BCUT2D eigenvalue weighted by molar-refractivity contribution is 7.92. The second-order valence-corrected chi connectivity index (χ2v) is 13.2. The Labute approximate surface area is 244 Å². The van der Waals surface area contributed by atoms with Gasteiger partial charge in [0, 0.05) is 39.3 Å². The molecule has 14 heteroatoms. The first-order chi connectivity index (χ1) is 19.5. The van der Waals surface area contributed by atoms with Crippen LogP contribution >= 0.6 is 0 Å². The number of amides is 1. The van der Waals surface area contributed by atoms with Crippen LogP contribution in [-0.4, -0.2) is 80.7 Å². The molecule has 232 valence electrons. The molecule has 1 aromatic heterocycles. The summed E-state index contributed by atoms with van der Waals surface area (Å²) in [5.41, 5.74) is 1.73. The van der Waals surface area contributed by atoms with Crippen molar-refractivity contribution in [3.63, 3.8) is 0 Å². The van der Waals surface area contributed by atoms with E-state index in [0.29, 0.717) is 30.4 Å². The Kier molecular flexibility index (Phi) is 10.5. The fourth-order valence-corrected chi connectivity index (χ4v) is 5.56. The van der Waals surface area contributed by atoms with E-state index < -0.39 is 22.2 Å². The van der Waals surface area contributed by atoms with Gasteiger partial charge >= 0.3 is 12.1 Å². The van der Waals surface area contributed by atoms with Gasteiger partial charge in [0.05, 0.1) is 22.3 Å². The predicted molar refractivity (Wildman–Crippen MR) is 153 cm³/mol. The van der Waals surface area contributed by atoms with Gasteiger partial charge in [-0.25, -0.2) is 18.2 Å². The maximum absolute atomic E-state index is 13.6. The number of hydrogen-bond donors (Lipinski definition) is 3. The summed E-state index contributed by atoms with van der Waals surface area (Å²) in [7, 11) is -3.83. The number of halogens is 3. The Morgan fingerprint density at radius 3 is 2.07 bits per heavy atom. The molecule has 2 fully saturated rings. The third-order valence-electron chi connectivity index (χ3n) is 7.11. The van der Waals surface area contributed by atoms with Crippen LogP contribution in [-0.2, 0) is 20.2 Å². The van der Waals surface area contributed by atoms with Crippen molar-refractivity contribution in [1.82, 2.24) is 15.2 Å². The fourth-order valence-electron chi connectivity index (χ4n) is 4.53. The summed E-state index contributed by atoms with van der Waals surface area (Å²) >= 11 is 0. The zero-order valence-electron chi connectivity index (χ0n) is 24.2. The molecule has 3 N–H and O–H groups in total. The van der Waals surface area contributed by atoms with E-state index in [1.807, 2.05) is 17.0 Å². The van der Waals surface area contributed by atoms with Crippen LogP contribution in [0.5, 0.6) is 0 Å². The number of likely N-dealkylation sites (tertiary alicyclic amines) is 1. The van der Waals surface area contributed by atoms with Gasteiger partial charge in [0.25, 0.3) is 15.9 Å². The number of nitrogens with one attached hydrogen (secondary N) is 2. The van der Waals surface area contributed by atoms with Crippen LogP contribution in [0.3, 0.4) is 0 Å². The second kappa shape index (κ2) is 13.3. The molecule has 42 heavy (non-hydrogen) atoms. The lowest BCUT2D eigenvalue weighted by Crippen LogP contribution is -2.45. The minimum absolute atomic E-state index is 0.0685. The summed E-state index contributed by atoms with van der Waals surface area (Å²) in [6.07, 6.45) is -1.63. The number of sulfonamides is 1. The summed E-state index contributed by atoms with van der Waals surface area (Å²) in [6, 6.07) is 8.56. The van der Waals surface area contributed by atoms with E-state index in [1.165, 1.54) is 6.20 Å². The smallest absolute Gasteiger partial charge is 0.475 e. The number of benzene rings is 1. The molecule has 2 aliphatic heterocycles. The number of aromatic nitrogens is 1. The number of rotatable bonds is 5. The minimum Gasteiger partial charge on any atom is -0.475 e. The first-order valence-corrected chi connectivity index (χ1v) is 15.2. The summed E-state index contributed by atoms with van der Waals surface area (Å²) < 4.78 is 60.6. The molecule has 1 aromatic carbocycles. The maximum Gasteiger partial charge on any atom is 0.490 e. The molecular weight excluding hydrogens is 575 g/mol. The van der Waals surface area contributed by atoms with Crippen molar-refractivity contribution in [3.05, 3.63) is 47.7 Å². The lowest BCUT2D eigenvalue weighted by atomic mass is 9.87. The molecular formula is C28H38F3N5O5S. The van der Waals surface area contributed by atoms with Crippen LogP contribution in [0.2, 0.25) is 0 Å². The van der Waals surface area contributed by atoms with Crippen molar-refractivity contribution in [2.24, 2.45) is 5.92 Å². The predicted octanol–water partition coefficient (Wildman–Crippen LogP) is 4.09. The Morgan fingerprint density at radius 1 is 1.02 bits per heavy atom. The summed E-state index contributed by atoms with van der Waals surface area (Å²) in [5.74, 6) is -1.62. The van der Waals surface area contributed by atoms with Crippen molar-refractivity contribution in [2.45, 2.75) is 57.0 Å². The molecule has 0 spiro atoms. The number of carboxylic acids is 1. The number of anilines is 2. The summed E-state index contributed by atoms with van der Waals surface area (Å²) in [4.78, 5) is 31.2. The van der Waals surface area contributed by atoms with E-state index in [-0.39, 0.29) is 21.9 Å². The van der Waals surface area contributed by atoms with Gasteiger partial charge in [-0.3, -0.25) is 9.52 Å². The van der Waals surface area contributed by atoms with Gasteiger partial charge in [0.15, 0.2) is 0 Å². The van der Waals surface area contributed by atoms with E-state index in [4.69, 9.17) is 9.90 Å². The van der Waals surface area contributed by atoms with Crippen molar-refractivity contribution < 1.29 is 36.3 Å². The highest BCUT2D eigenvalue weighted by Crippen LogP contribution is 2.28. The van der Waals surface area contributed by atoms with Crippen molar-refractivity contribution in [1.29, 1.82) is 0 Å². The highest BCUT2D eigenvalue weighted by Gasteiger charge is 2.38. The first-order valence-electron chi connectivity index (χ1n) is 13.7. The molecule has 2 aliphatic rings. The van der Waals surface area contributed by atoms with Gasteiger partial charge in [0.2, 0.25) is 0 Å². The SMILES string of the molecule is CC1CCN(C(=O)c2cc(NS(=O)(=O)c3ccc(C(C)(C)C)cc3)cnc2N2CCNCC2)CC1.O=C(O)C(F)(F)F. The topological polar surface area (TPSA) is 132 Å². The van der Waals surface area contributed by atoms with Crippen LogP contribution in [0.4, 0.5) is 24.7 Å². The first kappa shape index (κ1) is 33.1.